The second-order valence-corrected chi connectivity index (χ2v) is 6.59. The van der Waals surface area contributed by atoms with Gasteiger partial charge in [0.25, 0.3) is 0 Å². The van der Waals surface area contributed by atoms with E-state index in [0.717, 1.165) is 16.7 Å². The van der Waals surface area contributed by atoms with Crippen molar-refractivity contribution in [3.05, 3.63) is 101 Å². The molecule has 3 aromatic carbocycles. The molecule has 4 rings (SSSR count). The number of esters is 1. The predicted molar refractivity (Wildman–Crippen MR) is 114 cm³/mol. The first-order valence-electron chi connectivity index (χ1n) is 8.95. The Morgan fingerprint density at radius 1 is 0.862 bits per heavy atom. The lowest BCUT2D eigenvalue weighted by Crippen LogP contribution is -1.98. The highest BCUT2D eigenvalue weighted by Crippen LogP contribution is 2.33. The number of hydrogen-bond acceptors (Lipinski definition) is 4. The van der Waals surface area contributed by atoms with Crippen LogP contribution >= 0.6 is 0 Å². The van der Waals surface area contributed by atoms with Gasteiger partial charge in [-0.15, -0.1) is 6.42 Å². The van der Waals surface area contributed by atoms with E-state index in [1.807, 2.05) is 48.5 Å². The third kappa shape index (κ3) is 3.62. The van der Waals surface area contributed by atoms with E-state index in [9.17, 15) is 9.90 Å². The van der Waals surface area contributed by atoms with Crippen LogP contribution in [0.4, 0.5) is 5.69 Å². The van der Waals surface area contributed by atoms with Gasteiger partial charge < -0.3 is 15.6 Å². The second kappa shape index (κ2) is 7.41. The van der Waals surface area contributed by atoms with Gasteiger partial charge in [-0.2, -0.15) is 0 Å². The molecule has 1 aliphatic heterocycles. The predicted octanol–water partition coefficient (Wildman–Crippen LogP) is 4.78. The summed E-state index contributed by atoms with van der Waals surface area (Å²) in [7, 11) is 0. The molecule has 0 fully saturated rings. The first-order valence-corrected chi connectivity index (χ1v) is 8.95. The number of aliphatic hydroxyl groups is 1. The third-order valence-electron chi connectivity index (χ3n) is 4.67. The van der Waals surface area contributed by atoms with Crippen molar-refractivity contribution in [3.8, 4) is 23.5 Å². The highest BCUT2D eigenvalue weighted by molar-refractivity contribution is 6.20. The topological polar surface area (TPSA) is 72.6 Å². The Bertz CT molecular complexity index is 1180. The van der Waals surface area contributed by atoms with Crippen molar-refractivity contribution in [3.63, 3.8) is 0 Å². The fraction of sp³-hybridized carbons (Fsp3) is 0. The third-order valence-corrected chi connectivity index (χ3v) is 4.67. The highest BCUT2D eigenvalue weighted by Gasteiger charge is 2.31. The summed E-state index contributed by atoms with van der Waals surface area (Å²) in [6.07, 6.45) is 6.98. The van der Waals surface area contributed by atoms with E-state index in [1.54, 1.807) is 30.3 Å². The van der Waals surface area contributed by atoms with Gasteiger partial charge in [0.15, 0.2) is 11.5 Å². The molecule has 0 radical (unpaired) electrons. The van der Waals surface area contributed by atoms with Crippen molar-refractivity contribution >= 4 is 23.3 Å². The summed E-state index contributed by atoms with van der Waals surface area (Å²) in [6.45, 7) is 0. The molecule has 3 N–H and O–H groups in total. The van der Waals surface area contributed by atoms with Crippen LogP contribution < -0.4 is 5.73 Å². The number of cyclic esters (lactones) is 1. The van der Waals surface area contributed by atoms with Crippen LogP contribution in [-0.2, 0) is 9.53 Å². The van der Waals surface area contributed by atoms with Crippen LogP contribution in [0.25, 0.3) is 22.8 Å². The molecule has 1 heterocycles. The number of rotatable bonds is 3. The Morgan fingerprint density at radius 2 is 1.41 bits per heavy atom. The van der Waals surface area contributed by atoms with E-state index < -0.39 is 5.97 Å². The van der Waals surface area contributed by atoms with Gasteiger partial charge in [-0.1, -0.05) is 54.5 Å². The molecular weight excluding hydrogens is 362 g/mol. The molecule has 0 aliphatic carbocycles. The average molecular weight is 379 g/mol. The van der Waals surface area contributed by atoms with Crippen LogP contribution in [0.3, 0.4) is 0 Å². The van der Waals surface area contributed by atoms with Gasteiger partial charge in [0.2, 0.25) is 0 Å². The number of benzene rings is 3. The highest BCUT2D eigenvalue weighted by atomic mass is 16.6. The summed E-state index contributed by atoms with van der Waals surface area (Å²) in [6, 6.07) is 22.1. The molecule has 140 valence electrons. The molecule has 0 unspecified atom stereocenters. The first kappa shape index (κ1) is 18.1. The Balaban J connectivity index is 1.62. The number of aliphatic hydroxyl groups excluding tert-OH is 1. The van der Waals surface area contributed by atoms with Crippen LogP contribution in [-0.4, -0.2) is 11.1 Å². The smallest absolute Gasteiger partial charge is 0.348 e. The Labute approximate surface area is 168 Å². The summed E-state index contributed by atoms with van der Waals surface area (Å²) in [4.78, 5) is 12.3. The zero-order valence-corrected chi connectivity index (χ0v) is 15.4. The van der Waals surface area contributed by atoms with Crippen LogP contribution in [0.2, 0.25) is 0 Å². The van der Waals surface area contributed by atoms with Gasteiger partial charge >= 0.3 is 5.97 Å². The van der Waals surface area contributed by atoms with E-state index in [4.69, 9.17) is 16.9 Å². The Hall–Kier alpha value is -4.23. The van der Waals surface area contributed by atoms with Crippen LogP contribution in [0.15, 0.2) is 84.3 Å². The number of ether oxygens (including phenoxy) is 1. The van der Waals surface area contributed by atoms with Gasteiger partial charge in [0, 0.05) is 11.3 Å². The van der Waals surface area contributed by atoms with Crippen LogP contribution in [0, 0.1) is 12.3 Å². The van der Waals surface area contributed by atoms with E-state index in [1.165, 1.54) is 0 Å². The molecule has 4 nitrogen and oxygen atoms in total. The first-order chi connectivity index (χ1) is 14.0. The minimum atomic E-state index is -0.597. The lowest BCUT2D eigenvalue weighted by atomic mass is 10.0. The van der Waals surface area contributed by atoms with Crippen molar-refractivity contribution in [2.75, 3.05) is 5.73 Å². The molecular formula is C25H17NO3. The summed E-state index contributed by atoms with van der Waals surface area (Å²) < 4.78 is 5.27. The van der Waals surface area contributed by atoms with E-state index in [0.29, 0.717) is 16.8 Å². The minimum absolute atomic E-state index is 0.117. The summed E-state index contributed by atoms with van der Waals surface area (Å²) in [5, 5.41) is 10.5. The van der Waals surface area contributed by atoms with Crippen molar-refractivity contribution in [1.82, 2.24) is 0 Å². The quantitative estimate of drug-likeness (QED) is 0.390. The fourth-order valence-corrected chi connectivity index (χ4v) is 3.10. The number of carbonyl (C=O) groups excluding carboxylic acids is 1. The lowest BCUT2D eigenvalue weighted by molar-refractivity contribution is -0.131. The van der Waals surface area contributed by atoms with E-state index in [-0.39, 0.29) is 17.1 Å². The fourth-order valence-electron chi connectivity index (χ4n) is 3.10. The molecule has 0 amide bonds. The maximum atomic E-state index is 12.3. The molecule has 0 bridgehead atoms. The Morgan fingerprint density at radius 3 is 2.00 bits per heavy atom. The van der Waals surface area contributed by atoms with Crippen molar-refractivity contribution in [2.45, 2.75) is 0 Å². The second-order valence-electron chi connectivity index (χ2n) is 6.59. The van der Waals surface area contributed by atoms with Gasteiger partial charge in [0.1, 0.15) is 5.57 Å². The van der Waals surface area contributed by atoms with Gasteiger partial charge in [-0.3, -0.25) is 0 Å². The molecule has 0 saturated heterocycles. The van der Waals surface area contributed by atoms with Gasteiger partial charge in [-0.25, -0.2) is 4.79 Å². The molecule has 0 atom stereocenters. The number of hydrogen-bond donors (Lipinski definition) is 2. The lowest BCUT2D eigenvalue weighted by Gasteiger charge is -2.04. The standard InChI is InChI=1S/C25H17NO3/c1-2-16-3-9-20(10-4-16)23-24(27)22(29-25(23)28)15-17-5-7-18(8-6-17)19-11-13-21(26)14-12-19/h1,3-15,27H,26H2. The zero-order chi connectivity index (χ0) is 20.4. The van der Waals surface area contributed by atoms with Crippen LogP contribution in [0.1, 0.15) is 16.7 Å². The monoisotopic (exact) mass is 379 g/mol. The maximum Gasteiger partial charge on any atom is 0.348 e. The minimum Gasteiger partial charge on any atom is -0.504 e. The van der Waals surface area contributed by atoms with E-state index in [2.05, 4.69) is 5.92 Å². The molecule has 3 aromatic rings. The SMILES string of the molecule is C#Cc1ccc(C2=C(O)C(=Cc3ccc(-c4ccc(N)cc4)cc3)OC2=O)cc1. The molecule has 4 heteroatoms. The molecule has 0 spiro atoms. The van der Waals surface area contributed by atoms with Gasteiger partial charge in [-0.05, 0) is 52.6 Å². The largest absolute Gasteiger partial charge is 0.504 e. The Kier molecular flexibility index (Phi) is 4.64. The van der Waals surface area contributed by atoms with Crippen molar-refractivity contribution < 1.29 is 14.6 Å². The van der Waals surface area contributed by atoms with Crippen molar-refractivity contribution in [1.29, 1.82) is 0 Å². The molecule has 0 saturated carbocycles. The maximum absolute atomic E-state index is 12.3. The summed E-state index contributed by atoms with van der Waals surface area (Å²) in [5.41, 5.74) is 10.7. The number of anilines is 1. The van der Waals surface area contributed by atoms with Crippen LogP contribution in [0.5, 0.6) is 0 Å². The summed E-state index contributed by atoms with van der Waals surface area (Å²) >= 11 is 0. The molecule has 29 heavy (non-hydrogen) atoms. The van der Waals surface area contributed by atoms with Crippen molar-refractivity contribution in [2.24, 2.45) is 0 Å². The van der Waals surface area contributed by atoms with E-state index >= 15 is 0 Å². The number of nitrogen functional groups attached to an aromatic ring is 1. The average Bonchev–Trinajstić information content (AvgIpc) is 3.02. The van der Waals surface area contributed by atoms with Gasteiger partial charge in [0.05, 0.1) is 0 Å². The number of nitrogens with two attached hydrogens (primary N) is 1. The normalized spacial score (nSPS) is 14.7. The zero-order valence-electron chi connectivity index (χ0n) is 15.4. The summed E-state index contributed by atoms with van der Waals surface area (Å²) in [5.74, 6) is 1.85. The molecule has 0 aromatic heterocycles. The number of carbonyl (C=O) groups is 1. The molecule has 1 aliphatic rings. The number of terminal acetylenes is 1.